The van der Waals surface area contributed by atoms with Gasteiger partial charge >= 0.3 is 0 Å². The first-order valence-electron chi connectivity index (χ1n) is 3.99. The van der Waals surface area contributed by atoms with Crippen LogP contribution in [0.5, 0.6) is 0 Å². The maximum Gasteiger partial charge on any atom is 0.121 e. The number of rotatable bonds is 1. The third kappa shape index (κ3) is 1.46. The molecule has 1 aliphatic rings. The summed E-state index contributed by atoms with van der Waals surface area (Å²) in [4.78, 5) is 8.53. The quantitative estimate of drug-likeness (QED) is 0.649. The maximum absolute atomic E-state index is 4.41. The van der Waals surface area contributed by atoms with Crippen molar-refractivity contribution in [3.63, 3.8) is 0 Å². The number of hydrogen-bond acceptors (Lipinski definition) is 3. The largest absolute Gasteiger partial charge is 0.269 e. The molecule has 2 heterocycles. The summed E-state index contributed by atoms with van der Waals surface area (Å²) in [6.45, 7) is 2.02. The van der Waals surface area contributed by atoms with Crippen molar-refractivity contribution in [3.05, 3.63) is 22.3 Å². The van der Waals surface area contributed by atoms with Gasteiger partial charge in [0.05, 0.1) is 0 Å². The van der Waals surface area contributed by atoms with E-state index in [0.717, 1.165) is 23.5 Å². The molecule has 3 heteroatoms. The molecule has 1 aliphatic heterocycles. The molecule has 1 aromatic rings. The predicted molar refractivity (Wildman–Crippen MR) is 52.6 cm³/mol. The highest BCUT2D eigenvalue weighted by atomic mass is 32.1. The van der Waals surface area contributed by atoms with Crippen LogP contribution in [0.3, 0.4) is 0 Å². The Balaban J connectivity index is 2.30. The van der Waals surface area contributed by atoms with Crippen LogP contribution < -0.4 is 0 Å². The summed E-state index contributed by atoms with van der Waals surface area (Å²) < 4.78 is 0. The summed E-state index contributed by atoms with van der Waals surface area (Å²) in [5, 5.41) is 3.21. The van der Waals surface area contributed by atoms with Crippen molar-refractivity contribution < 1.29 is 0 Å². The van der Waals surface area contributed by atoms with Crippen molar-refractivity contribution >= 4 is 23.1 Å². The Bertz CT molecular complexity index is 336. The van der Waals surface area contributed by atoms with Crippen LogP contribution in [-0.4, -0.2) is 11.2 Å². The maximum atomic E-state index is 4.41. The van der Waals surface area contributed by atoms with E-state index in [2.05, 4.69) is 15.4 Å². The van der Waals surface area contributed by atoms with Gasteiger partial charge < -0.3 is 0 Å². The summed E-state index contributed by atoms with van der Waals surface area (Å²) >= 11 is 1.70. The lowest BCUT2D eigenvalue weighted by Gasteiger charge is -2.03. The van der Waals surface area contributed by atoms with E-state index in [1.807, 2.05) is 19.3 Å². The van der Waals surface area contributed by atoms with Gasteiger partial charge in [0.25, 0.3) is 0 Å². The van der Waals surface area contributed by atoms with Crippen molar-refractivity contribution in [2.75, 3.05) is 0 Å². The van der Waals surface area contributed by atoms with Crippen LogP contribution in [0.2, 0.25) is 0 Å². The molecule has 12 heavy (non-hydrogen) atoms. The smallest absolute Gasteiger partial charge is 0.121 e. The van der Waals surface area contributed by atoms with E-state index in [9.17, 15) is 0 Å². The van der Waals surface area contributed by atoms with Gasteiger partial charge in [-0.1, -0.05) is 0 Å². The molecule has 0 radical (unpaired) electrons. The molecule has 0 bridgehead atoms. The molecular formula is C9H10N2S. The molecule has 2 rings (SSSR count). The number of aliphatic imine (C=N–C) groups is 1. The van der Waals surface area contributed by atoms with E-state index in [4.69, 9.17) is 0 Å². The number of thiazole rings is 1. The van der Waals surface area contributed by atoms with Gasteiger partial charge in [-0.05, 0) is 19.8 Å². The number of hydrogen-bond donors (Lipinski definition) is 0. The Morgan fingerprint density at radius 2 is 2.42 bits per heavy atom. The molecule has 2 nitrogen and oxygen atoms in total. The molecule has 1 aromatic heterocycles. The lowest BCUT2D eigenvalue weighted by Crippen LogP contribution is -1.89. The topological polar surface area (TPSA) is 25.2 Å². The van der Waals surface area contributed by atoms with Gasteiger partial charge in [-0.3, -0.25) is 4.99 Å². The summed E-state index contributed by atoms with van der Waals surface area (Å²) in [5.41, 5.74) is 2.38. The number of aromatic nitrogens is 1. The molecule has 0 unspecified atom stereocenters. The van der Waals surface area contributed by atoms with Crippen LogP contribution in [0.15, 0.2) is 16.6 Å². The molecule has 0 amide bonds. The van der Waals surface area contributed by atoms with E-state index in [-0.39, 0.29) is 0 Å². The first-order valence-corrected chi connectivity index (χ1v) is 4.87. The van der Waals surface area contributed by atoms with Gasteiger partial charge in [0, 0.05) is 29.1 Å². The van der Waals surface area contributed by atoms with Gasteiger partial charge in [-0.2, -0.15) is 0 Å². The second-order valence-electron chi connectivity index (χ2n) is 2.82. The van der Waals surface area contributed by atoms with E-state index in [1.165, 1.54) is 5.57 Å². The fraction of sp³-hybridized carbons (Fsp3) is 0.333. The summed E-state index contributed by atoms with van der Waals surface area (Å²) in [6.07, 6.45) is 5.99. The van der Waals surface area contributed by atoms with Gasteiger partial charge in [-0.25, -0.2) is 4.98 Å². The molecule has 0 spiro atoms. The third-order valence-corrected chi connectivity index (χ3v) is 2.81. The standard InChI is InChI=1S/C9H10N2S/c1-7-6-12-9(11-7)8-3-2-4-10-5-8/h4-6H,2-3H2,1H3. The lowest BCUT2D eigenvalue weighted by atomic mass is 10.1. The molecular weight excluding hydrogens is 168 g/mol. The van der Waals surface area contributed by atoms with Gasteiger partial charge in [0.15, 0.2) is 0 Å². The minimum atomic E-state index is 1.05. The number of aryl methyl sites for hydroxylation is 1. The van der Waals surface area contributed by atoms with Gasteiger partial charge in [-0.15, -0.1) is 11.3 Å². The average molecular weight is 178 g/mol. The van der Waals surface area contributed by atoms with Crippen molar-refractivity contribution in [2.24, 2.45) is 4.99 Å². The summed E-state index contributed by atoms with van der Waals surface area (Å²) in [5.74, 6) is 0. The first-order chi connectivity index (χ1) is 5.86. The fourth-order valence-corrected chi connectivity index (χ4v) is 2.00. The van der Waals surface area contributed by atoms with Crippen LogP contribution >= 0.6 is 11.3 Å². The highest BCUT2D eigenvalue weighted by Gasteiger charge is 2.06. The zero-order valence-corrected chi connectivity index (χ0v) is 7.77. The SMILES string of the molecule is Cc1csc(C2=CN=CCC2)n1. The van der Waals surface area contributed by atoms with E-state index < -0.39 is 0 Å². The highest BCUT2D eigenvalue weighted by molar-refractivity contribution is 7.10. The molecule has 0 atom stereocenters. The fourth-order valence-electron chi connectivity index (χ4n) is 1.17. The lowest BCUT2D eigenvalue weighted by molar-refractivity contribution is 1.09. The van der Waals surface area contributed by atoms with E-state index >= 15 is 0 Å². The Morgan fingerprint density at radius 3 is 3.00 bits per heavy atom. The Morgan fingerprint density at radius 1 is 1.50 bits per heavy atom. The molecule has 0 aliphatic carbocycles. The molecule has 62 valence electrons. The molecule has 0 N–H and O–H groups in total. The average Bonchev–Trinajstić information content (AvgIpc) is 2.54. The van der Waals surface area contributed by atoms with Crippen molar-refractivity contribution in [1.82, 2.24) is 4.98 Å². The Kier molecular flexibility index (Phi) is 2.04. The first kappa shape index (κ1) is 7.68. The second-order valence-corrected chi connectivity index (χ2v) is 3.68. The minimum absolute atomic E-state index is 1.05. The van der Waals surface area contributed by atoms with Crippen molar-refractivity contribution in [3.8, 4) is 0 Å². The number of nitrogens with zero attached hydrogens (tertiary/aromatic N) is 2. The highest BCUT2D eigenvalue weighted by Crippen LogP contribution is 2.24. The summed E-state index contributed by atoms with van der Waals surface area (Å²) in [7, 11) is 0. The van der Waals surface area contributed by atoms with Gasteiger partial charge in [0.1, 0.15) is 5.01 Å². The Hall–Kier alpha value is -0.960. The van der Waals surface area contributed by atoms with Crippen LogP contribution in [0.25, 0.3) is 5.57 Å². The van der Waals surface area contributed by atoms with Crippen LogP contribution in [0.1, 0.15) is 23.5 Å². The zero-order chi connectivity index (χ0) is 8.39. The van der Waals surface area contributed by atoms with Crippen LogP contribution in [-0.2, 0) is 0 Å². The predicted octanol–water partition coefficient (Wildman–Crippen LogP) is 2.66. The summed E-state index contributed by atoms with van der Waals surface area (Å²) in [6, 6.07) is 0. The molecule has 0 saturated carbocycles. The normalized spacial score (nSPS) is 16.2. The monoisotopic (exact) mass is 178 g/mol. The van der Waals surface area contributed by atoms with Crippen LogP contribution in [0.4, 0.5) is 0 Å². The third-order valence-electron chi connectivity index (χ3n) is 1.77. The minimum Gasteiger partial charge on any atom is -0.269 e. The molecule has 0 saturated heterocycles. The van der Waals surface area contributed by atoms with Crippen molar-refractivity contribution in [2.45, 2.75) is 19.8 Å². The number of allylic oxidation sites excluding steroid dienone is 1. The molecule has 0 aromatic carbocycles. The van der Waals surface area contributed by atoms with E-state index in [1.54, 1.807) is 11.3 Å². The second kappa shape index (κ2) is 3.19. The zero-order valence-electron chi connectivity index (χ0n) is 6.95. The Labute approximate surface area is 75.7 Å². The molecule has 0 fully saturated rings. The van der Waals surface area contributed by atoms with Crippen molar-refractivity contribution in [1.29, 1.82) is 0 Å². The van der Waals surface area contributed by atoms with Gasteiger partial charge in [0.2, 0.25) is 0 Å². The van der Waals surface area contributed by atoms with Crippen LogP contribution in [0, 0.1) is 6.92 Å². The van der Waals surface area contributed by atoms with E-state index in [0.29, 0.717) is 0 Å².